The first-order chi connectivity index (χ1) is 25.3. The molecule has 0 spiro atoms. The zero-order valence-corrected chi connectivity index (χ0v) is 28.0. The molecule has 0 unspecified atom stereocenters. The summed E-state index contributed by atoms with van der Waals surface area (Å²) in [5, 5.41) is 7.56. The molecule has 0 aliphatic rings. The van der Waals surface area contributed by atoms with Crippen LogP contribution in [0.4, 0.5) is 0 Å². The molecule has 1 heteroatoms. The van der Waals surface area contributed by atoms with Crippen LogP contribution >= 0.6 is 0 Å². The molecule has 1 aromatic heterocycles. The van der Waals surface area contributed by atoms with Gasteiger partial charge in [-0.15, -0.1) is 0 Å². The summed E-state index contributed by atoms with van der Waals surface area (Å²) in [5.74, 6) is 0. The zero-order chi connectivity index (χ0) is 33.7. The lowest BCUT2D eigenvalue weighted by Gasteiger charge is -2.12. The Hall–Kier alpha value is -6.70. The van der Waals surface area contributed by atoms with Crippen molar-refractivity contribution in [1.82, 2.24) is 4.57 Å². The predicted octanol–water partition coefficient (Wildman–Crippen LogP) is 13.8. The molecular formula is C50H33N. The highest BCUT2D eigenvalue weighted by atomic mass is 15.0. The van der Waals surface area contributed by atoms with Gasteiger partial charge in [0.1, 0.15) is 0 Å². The van der Waals surface area contributed by atoms with Gasteiger partial charge in [-0.1, -0.05) is 170 Å². The van der Waals surface area contributed by atoms with E-state index < -0.39 is 0 Å². The average Bonchev–Trinajstić information content (AvgIpc) is 3.54. The van der Waals surface area contributed by atoms with E-state index in [1.54, 1.807) is 0 Å². The maximum atomic E-state index is 2.44. The van der Waals surface area contributed by atoms with Crippen molar-refractivity contribution in [3.05, 3.63) is 200 Å². The van der Waals surface area contributed by atoms with Gasteiger partial charge in [0.25, 0.3) is 0 Å². The second-order valence-corrected chi connectivity index (χ2v) is 13.4. The zero-order valence-electron chi connectivity index (χ0n) is 28.0. The van der Waals surface area contributed by atoms with Gasteiger partial charge >= 0.3 is 0 Å². The molecule has 0 N–H and O–H groups in total. The lowest BCUT2D eigenvalue weighted by atomic mass is 9.97. The monoisotopic (exact) mass is 647 g/mol. The first-order valence-corrected chi connectivity index (χ1v) is 17.6. The second kappa shape index (κ2) is 12.0. The third-order valence-electron chi connectivity index (χ3n) is 10.4. The summed E-state index contributed by atoms with van der Waals surface area (Å²) >= 11 is 0. The van der Waals surface area contributed by atoms with Gasteiger partial charge in [-0.3, -0.25) is 0 Å². The molecule has 0 bridgehead atoms. The number of benzene rings is 9. The summed E-state index contributed by atoms with van der Waals surface area (Å²) in [6.07, 6.45) is 0. The Labute approximate surface area is 297 Å². The number of hydrogen-bond acceptors (Lipinski definition) is 0. The molecule has 0 fully saturated rings. The molecule has 0 atom stereocenters. The minimum absolute atomic E-state index is 1.15. The molecule has 1 heterocycles. The summed E-state index contributed by atoms with van der Waals surface area (Å²) in [6, 6.07) is 73.0. The summed E-state index contributed by atoms with van der Waals surface area (Å²) in [6.45, 7) is 0. The molecule has 0 amide bonds. The molecule has 0 aliphatic carbocycles. The lowest BCUT2D eigenvalue weighted by molar-refractivity contribution is 1.18. The molecule has 0 saturated carbocycles. The SMILES string of the molecule is c1ccc(-c2ccc3c4ccc(-c5ccc(-c6ccc7ccccc7c6)cc5)cc4n(-c4ccc(-c5cccc6ccccc56)cc4)c3c2)cc1. The standard InChI is InChI=1S/C50H33N/c1-2-9-34(10-3-1)42-25-29-47-48-30-26-43(37-19-17-36(18-20-37)41-22-21-35-11-4-5-13-40(35)31-41)33-50(48)51(49(47)32-42)44-27-23-39(24-28-44)46-16-8-14-38-12-6-7-15-45(38)46/h1-33H. The Balaban J connectivity index is 1.10. The van der Waals surface area contributed by atoms with Crippen LogP contribution in [0.15, 0.2) is 200 Å². The fourth-order valence-corrected chi connectivity index (χ4v) is 7.78. The lowest BCUT2D eigenvalue weighted by Crippen LogP contribution is -1.94. The molecule has 0 aliphatic heterocycles. The third kappa shape index (κ3) is 5.10. The van der Waals surface area contributed by atoms with E-state index in [1.807, 2.05) is 0 Å². The van der Waals surface area contributed by atoms with E-state index in [-0.39, 0.29) is 0 Å². The number of fused-ring (bicyclic) bond motifs is 5. The van der Waals surface area contributed by atoms with Gasteiger partial charge in [0, 0.05) is 16.5 Å². The topological polar surface area (TPSA) is 4.93 Å². The smallest absolute Gasteiger partial charge is 0.0547 e. The van der Waals surface area contributed by atoms with Gasteiger partial charge in [-0.05, 0) is 96.4 Å². The molecule has 0 saturated heterocycles. The first kappa shape index (κ1) is 29.2. The van der Waals surface area contributed by atoms with Crippen LogP contribution in [0.25, 0.3) is 93.5 Å². The van der Waals surface area contributed by atoms with Crippen LogP contribution < -0.4 is 0 Å². The van der Waals surface area contributed by atoms with Crippen LogP contribution in [0.3, 0.4) is 0 Å². The van der Waals surface area contributed by atoms with E-state index in [2.05, 4.69) is 205 Å². The Bertz CT molecular complexity index is 2870. The highest BCUT2D eigenvalue weighted by molar-refractivity contribution is 6.11. The molecule has 238 valence electrons. The van der Waals surface area contributed by atoms with E-state index >= 15 is 0 Å². The highest BCUT2D eigenvalue weighted by Crippen LogP contribution is 2.38. The van der Waals surface area contributed by atoms with Crippen LogP contribution in [0.1, 0.15) is 0 Å². The van der Waals surface area contributed by atoms with Crippen molar-refractivity contribution in [1.29, 1.82) is 0 Å². The van der Waals surface area contributed by atoms with Crippen LogP contribution in [-0.2, 0) is 0 Å². The van der Waals surface area contributed by atoms with Gasteiger partial charge < -0.3 is 4.57 Å². The molecular weight excluding hydrogens is 615 g/mol. The van der Waals surface area contributed by atoms with Gasteiger partial charge in [-0.2, -0.15) is 0 Å². The quantitative estimate of drug-likeness (QED) is 0.175. The Morgan fingerprint density at radius 3 is 1.43 bits per heavy atom. The van der Waals surface area contributed by atoms with Gasteiger partial charge in [-0.25, -0.2) is 0 Å². The average molecular weight is 648 g/mol. The van der Waals surface area contributed by atoms with Crippen LogP contribution in [0, 0.1) is 0 Å². The maximum Gasteiger partial charge on any atom is 0.0547 e. The second-order valence-electron chi connectivity index (χ2n) is 13.4. The molecule has 0 radical (unpaired) electrons. The molecule has 1 nitrogen and oxygen atoms in total. The van der Waals surface area contributed by atoms with Gasteiger partial charge in [0.15, 0.2) is 0 Å². The van der Waals surface area contributed by atoms with Crippen molar-refractivity contribution in [3.8, 4) is 50.2 Å². The maximum absolute atomic E-state index is 2.44. The van der Waals surface area contributed by atoms with Crippen molar-refractivity contribution < 1.29 is 0 Å². The number of aromatic nitrogens is 1. The molecule has 51 heavy (non-hydrogen) atoms. The molecule has 10 aromatic rings. The fourth-order valence-electron chi connectivity index (χ4n) is 7.78. The largest absolute Gasteiger partial charge is 0.309 e. The van der Waals surface area contributed by atoms with Crippen LogP contribution in [0.2, 0.25) is 0 Å². The van der Waals surface area contributed by atoms with Crippen LogP contribution in [0.5, 0.6) is 0 Å². The summed E-state index contributed by atoms with van der Waals surface area (Å²) < 4.78 is 2.44. The van der Waals surface area contributed by atoms with Crippen molar-refractivity contribution in [2.24, 2.45) is 0 Å². The summed E-state index contributed by atoms with van der Waals surface area (Å²) in [7, 11) is 0. The van der Waals surface area contributed by atoms with E-state index in [9.17, 15) is 0 Å². The Kier molecular flexibility index (Phi) is 6.89. The van der Waals surface area contributed by atoms with Gasteiger partial charge in [0.2, 0.25) is 0 Å². The number of rotatable bonds is 5. The summed E-state index contributed by atoms with van der Waals surface area (Å²) in [4.78, 5) is 0. The van der Waals surface area contributed by atoms with E-state index in [0.29, 0.717) is 0 Å². The first-order valence-electron chi connectivity index (χ1n) is 17.6. The number of hydrogen-bond donors (Lipinski definition) is 0. The molecule has 10 rings (SSSR count). The number of nitrogens with zero attached hydrogens (tertiary/aromatic N) is 1. The van der Waals surface area contributed by atoms with Crippen molar-refractivity contribution in [2.45, 2.75) is 0 Å². The van der Waals surface area contributed by atoms with Crippen molar-refractivity contribution in [2.75, 3.05) is 0 Å². The minimum atomic E-state index is 1.15. The van der Waals surface area contributed by atoms with E-state index in [1.165, 1.54) is 87.9 Å². The summed E-state index contributed by atoms with van der Waals surface area (Å²) in [5.41, 5.74) is 13.3. The van der Waals surface area contributed by atoms with Crippen molar-refractivity contribution in [3.63, 3.8) is 0 Å². The fraction of sp³-hybridized carbons (Fsp3) is 0. The minimum Gasteiger partial charge on any atom is -0.309 e. The van der Waals surface area contributed by atoms with Crippen LogP contribution in [-0.4, -0.2) is 4.57 Å². The van der Waals surface area contributed by atoms with Gasteiger partial charge in [0.05, 0.1) is 11.0 Å². The third-order valence-corrected chi connectivity index (χ3v) is 10.4. The predicted molar refractivity (Wildman–Crippen MR) is 218 cm³/mol. The Morgan fingerprint density at radius 2 is 0.745 bits per heavy atom. The van der Waals surface area contributed by atoms with E-state index in [4.69, 9.17) is 0 Å². The normalized spacial score (nSPS) is 11.5. The van der Waals surface area contributed by atoms with Crippen molar-refractivity contribution >= 4 is 43.4 Å². The van der Waals surface area contributed by atoms with E-state index in [0.717, 1.165) is 5.69 Å². The molecule has 9 aromatic carbocycles. The Morgan fingerprint density at radius 1 is 0.255 bits per heavy atom. The highest BCUT2D eigenvalue weighted by Gasteiger charge is 2.15.